The molecule has 0 aromatic rings. The van der Waals surface area contributed by atoms with E-state index in [4.69, 9.17) is 14.2 Å². The van der Waals surface area contributed by atoms with E-state index in [1.807, 2.05) is 0 Å². The number of ether oxygens (including phenoxy) is 3. The zero-order chi connectivity index (χ0) is 23.4. The lowest BCUT2D eigenvalue weighted by molar-refractivity contribution is -0.205. The van der Waals surface area contributed by atoms with Crippen LogP contribution >= 0.6 is 0 Å². The number of esters is 3. The molecule has 0 aromatic carbocycles. The third-order valence-corrected chi connectivity index (χ3v) is 6.47. The Morgan fingerprint density at radius 3 is 1.68 bits per heavy atom. The Labute approximate surface area is 183 Å². The molecule has 0 saturated heterocycles. The van der Waals surface area contributed by atoms with E-state index in [9.17, 15) is 24.3 Å². The summed E-state index contributed by atoms with van der Waals surface area (Å²) in [5.41, 5.74) is -3.01. The Morgan fingerprint density at radius 1 is 0.839 bits per heavy atom. The summed E-state index contributed by atoms with van der Waals surface area (Å²) in [6.45, 7) is 9.81. The zero-order valence-electron chi connectivity index (χ0n) is 19.2. The van der Waals surface area contributed by atoms with E-state index in [1.165, 1.54) is 0 Å². The van der Waals surface area contributed by atoms with Crippen molar-refractivity contribution < 1.29 is 38.5 Å². The van der Waals surface area contributed by atoms with Gasteiger partial charge in [-0.15, -0.1) is 0 Å². The number of aliphatic carboxylic acids is 1. The molecule has 1 N–H and O–H groups in total. The van der Waals surface area contributed by atoms with Crippen LogP contribution in [0.2, 0.25) is 0 Å². The van der Waals surface area contributed by atoms with Gasteiger partial charge >= 0.3 is 23.9 Å². The molecule has 4 aliphatic carbocycles. The van der Waals surface area contributed by atoms with Crippen molar-refractivity contribution in [2.45, 2.75) is 91.0 Å². The van der Waals surface area contributed by atoms with Gasteiger partial charge in [-0.05, 0) is 91.4 Å². The molecule has 4 bridgehead atoms. The molecule has 4 fully saturated rings. The zero-order valence-corrected chi connectivity index (χ0v) is 19.2. The Morgan fingerprint density at radius 2 is 1.29 bits per heavy atom. The molecule has 4 aliphatic rings. The molecule has 0 amide bonds. The number of rotatable bonds is 5. The van der Waals surface area contributed by atoms with Crippen LogP contribution < -0.4 is 0 Å². The van der Waals surface area contributed by atoms with E-state index < -0.39 is 52.5 Å². The van der Waals surface area contributed by atoms with Crippen molar-refractivity contribution in [2.24, 2.45) is 29.1 Å². The van der Waals surface area contributed by atoms with Gasteiger partial charge in [0.1, 0.15) is 11.2 Å². The van der Waals surface area contributed by atoms with Crippen LogP contribution in [0.3, 0.4) is 0 Å². The summed E-state index contributed by atoms with van der Waals surface area (Å²) in [6, 6.07) is 0. The van der Waals surface area contributed by atoms with Gasteiger partial charge in [0, 0.05) is 0 Å². The fraction of sp³-hybridized carbons (Fsp3) is 0.826. The quantitative estimate of drug-likeness (QED) is 0.395. The van der Waals surface area contributed by atoms with Crippen molar-refractivity contribution in [3.8, 4) is 0 Å². The number of carbonyl (C=O) groups is 4. The van der Waals surface area contributed by atoms with Gasteiger partial charge in [-0.2, -0.15) is 0 Å². The lowest BCUT2D eigenvalue weighted by Crippen LogP contribution is -2.59. The van der Waals surface area contributed by atoms with Crippen LogP contribution in [0.5, 0.6) is 0 Å². The maximum absolute atomic E-state index is 13.3. The smallest absolute Gasteiger partial charge is 0.359 e. The topological polar surface area (TPSA) is 116 Å². The Balaban J connectivity index is 1.86. The van der Waals surface area contributed by atoms with Gasteiger partial charge in [-0.25, -0.2) is 9.59 Å². The van der Waals surface area contributed by atoms with E-state index in [1.54, 1.807) is 41.5 Å². The molecule has 0 heterocycles. The molecule has 0 spiro atoms. The molecule has 174 valence electrons. The second-order valence-corrected chi connectivity index (χ2v) is 11.4. The molecule has 0 aromatic heterocycles. The summed E-state index contributed by atoms with van der Waals surface area (Å²) < 4.78 is 16.0. The van der Waals surface area contributed by atoms with Crippen LogP contribution in [0.15, 0.2) is 0 Å². The average molecular weight is 439 g/mol. The predicted octanol–water partition coefficient (Wildman–Crippen LogP) is 3.11. The van der Waals surface area contributed by atoms with E-state index >= 15 is 0 Å². The Bertz CT molecular complexity index is 729. The molecule has 0 aliphatic heterocycles. The molecule has 4 saturated carbocycles. The second-order valence-electron chi connectivity index (χ2n) is 11.4. The van der Waals surface area contributed by atoms with Gasteiger partial charge in [0.15, 0.2) is 0 Å². The van der Waals surface area contributed by atoms with E-state index in [0.29, 0.717) is 24.7 Å². The second kappa shape index (κ2) is 7.78. The minimum Gasteiger partial charge on any atom is -0.481 e. The van der Waals surface area contributed by atoms with Gasteiger partial charge in [0.2, 0.25) is 0 Å². The van der Waals surface area contributed by atoms with E-state index in [2.05, 4.69) is 0 Å². The van der Waals surface area contributed by atoms with Crippen LogP contribution in [0.4, 0.5) is 0 Å². The minimum absolute atomic E-state index is 0.118. The summed E-state index contributed by atoms with van der Waals surface area (Å²) in [5.74, 6) is -4.28. The third-order valence-electron chi connectivity index (χ3n) is 6.47. The first-order valence-electron chi connectivity index (χ1n) is 11.0. The van der Waals surface area contributed by atoms with Crippen LogP contribution in [-0.4, -0.2) is 46.3 Å². The Hall–Kier alpha value is -2.12. The molecular formula is C23H34O8. The third kappa shape index (κ3) is 4.88. The standard InChI is InChI=1S/C23H34O8/c1-21(2,3)30-18(25)16(19(26)31-22(4,5)6)29-17(24)15-14-8-12-7-13(9-14)11-23(15,10-12)20(27)28/h12-16H,7-11H2,1-6H3,(H,27,28). The number of carbonyl (C=O) groups excluding carboxylic acids is 3. The highest BCUT2D eigenvalue weighted by atomic mass is 16.6. The summed E-state index contributed by atoms with van der Waals surface area (Å²) in [5, 5.41) is 10.1. The highest BCUT2D eigenvalue weighted by Crippen LogP contribution is 2.63. The lowest BCUT2D eigenvalue weighted by Gasteiger charge is -2.58. The summed E-state index contributed by atoms with van der Waals surface area (Å²) in [4.78, 5) is 51.0. The van der Waals surface area contributed by atoms with Gasteiger partial charge in [0.25, 0.3) is 6.10 Å². The average Bonchev–Trinajstić information content (AvgIpc) is 2.55. The first-order valence-corrected chi connectivity index (χ1v) is 11.0. The lowest BCUT2D eigenvalue weighted by atomic mass is 9.45. The molecule has 0 radical (unpaired) electrons. The SMILES string of the molecule is CC(C)(C)OC(=O)C(OC(=O)C1C2CC3CC(C2)CC1(C(=O)O)C3)C(=O)OC(C)(C)C. The van der Waals surface area contributed by atoms with Crippen molar-refractivity contribution >= 4 is 23.9 Å². The highest BCUT2D eigenvalue weighted by molar-refractivity contribution is 6.00. The largest absolute Gasteiger partial charge is 0.481 e. The first kappa shape index (κ1) is 23.5. The monoisotopic (exact) mass is 438 g/mol. The van der Waals surface area contributed by atoms with Crippen molar-refractivity contribution in [3.05, 3.63) is 0 Å². The van der Waals surface area contributed by atoms with Crippen molar-refractivity contribution in [3.63, 3.8) is 0 Å². The molecule has 3 atom stereocenters. The predicted molar refractivity (Wildman–Crippen MR) is 109 cm³/mol. The molecule has 3 unspecified atom stereocenters. The molecule has 8 nitrogen and oxygen atoms in total. The fourth-order valence-corrected chi connectivity index (χ4v) is 5.86. The number of carboxylic acid groups (broad SMARTS) is 1. The van der Waals surface area contributed by atoms with E-state index in [-0.39, 0.29) is 5.92 Å². The van der Waals surface area contributed by atoms with Gasteiger partial charge in [-0.1, -0.05) is 0 Å². The number of hydrogen-bond donors (Lipinski definition) is 1. The van der Waals surface area contributed by atoms with Crippen LogP contribution in [0.25, 0.3) is 0 Å². The summed E-state index contributed by atoms with van der Waals surface area (Å²) >= 11 is 0. The number of hydrogen-bond acceptors (Lipinski definition) is 7. The van der Waals surface area contributed by atoms with Gasteiger partial charge in [-0.3, -0.25) is 9.59 Å². The van der Waals surface area contributed by atoms with Crippen LogP contribution in [0, 0.1) is 29.1 Å². The number of carboxylic acids is 1. The summed E-state index contributed by atoms with van der Waals surface area (Å²) in [6.07, 6.45) is 1.51. The maximum atomic E-state index is 13.3. The molecular weight excluding hydrogens is 404 g/mol. The van der Waals surface area contributed by atoms with Crippen LogP contribution in [-0.2, 0) is 33.4 Å². The maximum Gasteiger partial charge on any atom is 0.359 e. The highest BCUT2D eigenvalue weighted by Gasteiger charge is 2.64. The molecule has 31 heavy (non-hydrogen) atoms. The summed E-state index contributed by atoms with van der Waals surface area (Å²) in [7, 11) is 0. The van der Waals surface area contributed by atoms with Crippen molar-refractivity contribution in [1.82, 2.24) is 0 Å². The van der Waals surface area contributed by atoms with Crippen molar-refractivity contribution in [2.75, 3.05) is 0 Å². The molecule has 8 heteroatoms. The Kier molecular flexibility index (Phi) is 5.91. The molecule has 4 rings (SSSR count). The van der Waals surface area contributed by atoms with Gasteiger partial charge in [0.05, 0.1) is 11.3 Å². The fourth-order valence-electron chi connectivity index (χ4n) is 5.86. The first-order chi connectivity index (χ1) is 14.1. The van der Waals surface area contributed by atoms with Gasteiger partial charge < -0.3 is 19.3 Å². The normalized spacial score (nSPS) is 32.0. The minimum atomic E-state index is -1.89. The van der Waals surface area contributed by atoms with Crippen molar-refractivity contribution in [1.29, 1.82) is 0 Å². The van der Waals surface area contributed by atoms with Crippen LogP contribution in [0.1, 0.15) is 73.6 Å². The van der Waals surface area contributed by atoms with E-state index in [0.717, 1.165) is 19.3 Å².